The van der Waals surface area contributed by atoms with Gasteiger partial charge in [0.2, 0.25) is 0 Å². The number of fused-ring (bicyclic) bond motifs is 1. The third-order valence-electron chi connectivity index (χ3n) is 3.53. The van der Waals surface area contributed by atoms with Crippen molar-refractivity contribution in [3.8, 4) is 11.5 Å². The number of benzene rings is 1. The van der Waals surface area contributed by atoms with Gasteiger partial charge < -0.3 is 9.47 Å². The summed E-state index contributed by atoms with van der Waals surface area (Å²) >= 11 is 7.45. The van der Waals surface area contributed by atoms with Crippen LogP contribution in [0.1, 0.15) is 37.6 Å². The summed E-state index contributed by atoms with van der Waals surface area (Å²) in [5.41, 5.74) is 1.40. The maximum atomic E-state index is 5.65. The lowest BCUT2D eigenvalue weighted by molar-refractivity contribution is 0.171. The molecule has 4 heteroatoms. The zero-order valence-corrected chi connectivity index (χ0v) is 14.1. The van der Waals surface area contributed by atoms with Crippen LogP contribution in [0.5, 0.6) is 11.5 Å². The highest BCUT2D eigenvalue weighted by Gasteiger charge is 2.29. The van der Waals surface area contributed by atoms with E-state index in [2.05, 4.69) is 58.7 Å². The van der Waals surface area contributed by atoms with E-state index in [0.29, 0.717) is 13.2 Å². The van der Waals surface area contributed by atoms with Gasteiger partial charge in [-0.3, -0.25) is 0 Å². The summed E-state index contributed by atoms with van der Waals surface area (Å²) < 4.78 is 12.3. The Morgan fingerprint density at radius 2 is 1.78 bits per heavy atom. The van der Waals surface area contributed by atoms with Gasteiger partial charge in [0.15, 0.2) is 11.5 Å². The molecule has 2 nitrogen and oxygen atoms in total. The molecule has 1 atom stereocenters. The van der Waals surface area contributed by atoms with Gasteiger partial charge in [0.05, 0.1) is 0 Å². The lowest BCUT2D eigenvalue weighted by Gasteiger charge is -2.31. The molecule has 1 unspecified atom stereocenters. The number of alkyl halides is 1. The number of hydrogen-bond acceptors (Lipinski definition) is 2. The van der Waals surface area contributed by atoms with Gasteiger partial charge >= 0.3 is 0 Å². The predicted molar refractivity (Wildman–Crippen MR) is 80.9 cm³/mol. The maximum absolute atomic E-state index is 5.65. The molecule has 0 aromatic heterocycles. The Hall–Kier alpha value is -0.220. The average Bonchev–Trinajstić information content (AvgIpc) is 2.37. The van der Waals surface area contributed by atoms with Crippen LogP contribution >= 0.6 is 31.9 Å². The quantitative estimate of drug-likeness (QED) is 0.682. The molecule has 0 fully saturated rings. The summed E-state index contributed by atoms with van der Waals surface area (Å²) in [5, 5.41) is 0. The fourth-order valence-electron chi connectivity index (χ4n) is 1.87. The molecule has 0 spiro atoms. The molecule has 0 radical (unpaired) electrons. The standard InChI is InChI=1S/C14H18Br2O2/c1-4-14(2,3)13(16)9-7-11-12(8-10(9)15)18-6-5-17-11/h7-8,13H,4-6H2,1-3H3. The van der Waals surface area contributed by atoms with Gasteiger partial charge in [0, 0.05) is 9.30 Å². The molecule has 1 aromatic carbocycles. The number of rotatable bonds is 3. The normalized spacial score (nSPS) is 16.5. The van der Waals surface area contributed by atoms with Crippen molar-refractivity contribution in [2.24, 2.45) is 5.41 Å². The molecule has 18 heavy (non-hydrogen) atoms. The van der Waals surface area contributed by atoms with Crippen LogP contribution < -0.4 is 9.47 Å². The molecule has 0 aliphatic carbocycles. The van der Waals surface area contributed by atoms with Gasteiger partial charge in [-0.15, -0.1) is 0 Å². The van der Waals surface area contributed by atoms with Gasteiger partial charge in [-0.2, -0.15) is 0 Å². The first kappa shape index (κ1) is 14.2. The Morgan fingerprint density at radius 3 is 2.33 bits per heavy atom. The van der Waals surface area contributed by atoms with Crippen LogP contribution in [-0.2, 0) is 0 Å². The van der Waals surface area contributed by atoms with E-state index in [9.17, 15) is 0 Å². The van der Waals surface area contributed by atoms with Crippen molar-refractivity contribution in [3.05, 3.63) is 22.2 Å². The Morgan fingerprint density at radius 1 is 1.22 bits per heavy atom. The van der Waals surface area contributed by atoms with E-state index in [1.807, 2.05) is 6.07 Å². The molecule has 1 heterocycles. The second kappa shape index (κ2) is 5.41. The zero-order chi connectivity index (χ0) is 13.3. The van der Waals surface area contributed by atoms with E-state index in [-0.39, 0.29) is 10.2 Å². The fraction of sp³-hybridized carbons (Fsp3) is 0.571. The second-order valence-corrected chi connectivity index (χ2v) is 6.99. The Balaban J connectivity index is 2.39. The third-order valence-corrected chi connectivity index (χ3v) is 5.95. The van der Waals surface area contributed by atoms with E-state index in [1.54, 1.807) is 0 Å². The van der Waals surface area contributed by atoms with Crippen LogP contribution in [0, 0.1) is 5.41 Å². The molecule has 0 N–H and O–H groups in total. The first-order chi connectivity index (χ1) is 8.45. The lowest BCUT2D eigenvalue weighted by Crippen LogP contribution is -2.19. The van der Waals surface area contributed by atoms with Crippen LogP contribution in [0.3, 0.4) is 0 Å². The van der Waals surface area contributed by atoms with E-state index < -0.39 is 0 Å². The molecular formula is C14H18Br2O2. The summed E-state index contributed by atoms with van der Waals surface area (Å²) in [5.74, 6) is 1.67. The molecule has 1 aliphatic heterocycles. The van der Waals surface area contributed by atoms with E-state index in [1.165, 1.54) is 5.56 Å². The largest absolute Gasteiger partial charge is 0.486 e. The van der Waals surface area contributed by atoms with Gasteiger partial charge in [0.1, 0.15) is 13.2 Å². The topological polar surface area (TPSA) is 18.5 Å². The predicted octanol–water partition coefficient (Wildman–Crippen LogP) is 5.09. The Kier molecular flexibility index (Phi) is 4.27. The fourth-order valence-corrected chi connectivity index (χ4v) is 3.44. The number of halogens is 2. The van der Waals surface area contributed by atoms with E-state index in [4.69, 9.17) is 9.47 Å². The first-order valence-electron chi connectivity index (χ1n) is 6.19. The molecule has 100 valence electrons. The summed E-state index contributed by atoms with van der Waals surface area (Å²) in [4.78, 5) is 0.278. The molecule has 1 aromatic rings. The minimum atomic E-state index is 0.187. The van der Waals surface area contributed by atoms with Crippen molar-refractivity contribution >= 4 is 31.9 Å². The maximum Gasteiger partial charge on any atom is 0.162 e. The highest BCUT2D eigenvalue weighted by Crippen LogP contribution is 2.48. The highest BCUT2D eigenvalue weighted by molar-refractivity contribution is 9.11. The van der Waals surface area contributed by atoms with Gasteiger partial charge in [0.25, 0.3) is 0 Å². The average molecular weight is 378 g/mol. The lowest BCUT2D eigenvalue weighted by atomic mass is 9.83. The summed E-state index contributed by atoms with van der Waals surface area (Å²) in [6.07, 6.45) is 1.10. The minimum Gasteiger partial charge on any atom is -0.486 e. The van der Waals surface area contributed by atoms with Crippen molar-refractivity contribution in [3.63, 3.8) is 0 Å². The molecule has 0 saturated carbocycles. The van der Waals surface area contributed by atoms with Crippen LogP contribution in [-0.4, -0.2) is 13.2 Å². The summed E-state index contributed by atoms with van der Waals surface area (Å²) in [6, 6.07) is 4.08. The van der Waals surface area contributed by atoms with Crippen molar-refractivity contribution in [1.82, 2.24) is 0 Å². The zero-order valence-electron chi connectivity index (χ0n) is 10.9. The Labute approximate surface area is 125 Å². The second-order valence-electron chi connectivity index (χ2n) is 5.22. The van der Waals surface area contributed by atoms with Crippen LogP contribution in [0.4, 0.5) is 0 Å². The van der Waals surface area contributed by atoms with E-state index >= 15 is 0 Å². The van der Waals surface area contributed by atoms with Gasteiger partial charge in [-0.25, -0.2) is 0 Å². The van der Waals surface area contributed by atoms with Gasteiger partial charge in [-0.05, 0) is 29.5 Å². The molecular weight excluding hydrogens is 360 g/mol. The SMILES string of the molecule is CCC(C)(C)C(Br)c1cc2c(cc1Br)OCCO2. The molecule has 0 amide bonds. The third kappa shape index (κ3) is 2.69. The minimum absolute atomic E-state index is 0.187. The van der Waals surface area contributed by atoms with Crippen LogP contribution in [0.25, 0.3) is 0 Å². The highest BCUT2D eigenvalue weighted by atomic mass is 79.9. The summed E-state index contributed by atoms with van der Waals surface area (Å²) in [7, 11) is 0. The van der Waals surface area contributed by atoms with Crippen molar-refractivity contribution in [2.75, 3.05) is 13.2 Å². The van der Waals surface area contributed by atoms with Crippen molar-refractivity contribution in [1.29, 1.82) is 0 Å². The van der Waals surface area contributed by atoms with Crippen LogP contribution in [0.2, 0.25) is 0 Å². The molecule has 1 aliphatic rings. The van der Waals surface area contributed by atoms with E-state index in [0.717, 1.165) is 22.4 Å². The van der Waals surface area contributed by atoms with Gasteiger partial charge in [-0.1, -0.05) is 52.6 Å². The molecule has 2 rings (SSSR count). The Bertz CT molecular complexity index is 444. The smallest absolute Gasteiger partial charge is 0.162 e. The van der Waals surface area contributed by atoms with Crippen molar-refractivity contribution in [2.45, 2.75) is 32.0 Å². The number of hydrogen-bond donors (Lipinski definition) is 0. The van der Waals surface area contributed by atoms with Crippen LogP contribution in [0.15, 0.2) is 16.6 Å². The first-order valence-corrected chi connectivity index (χ1v) is 7.89. The summed E-state index contributed by atoms with van der Waals surface area (Å²) in [6.45, 7) is 7.97. The number of ether oxygens (including phenoxy) is 2. The molecule has 0 saturated heterocycles. The van der Waals surface area contributed by atoms with Crippen molar-refractivity contribution < 1.29 is 9.47 Å². The monoisotopic (exact) mass is 376 g/mol. The molecule has 0 bridgehead atoms.